The monoisotopic (exact) mass is 326 g/mol. The number of rotatable bonds is 4. The Bertz CT molecular complexity index is 768. The van der Waals surface area contributed by atoms with Crippen molar-refractivity contribution in [3.05, 3.63) is 69.8 Å². The normalized spacial score (nSPS) is 12.0. The van der Waals surface area contributed by atoms with Crippen LogP contribution < -0.4 is 5.73 Å². The summed E-state index contributed by atoms with van der Waals surface area (Å²) in [6, 6.07) is 11.5. The van der Waals surface area contributed by atoms with E-state index in [4.69, 9.17) is 11.1 Å². The maximum Gasteiger partial charge on any atom is 0.193 e. The number of nitrogens with one attached hydrogen (secondary N) is 1. The first-order valence-electron chi connectivity index (χ1n) is 7.52. The summed E-state index contributed by atoms with van der Waals surface area (Å²) in [5, 5.41) is 7.59. The van der Waals surface area contributed by atoms with E-state index in [0.717, 1.165) is 16.7 Å². The largest absolute Gasteiger partial charge is 0.379 e. The van der Waals surface area contributed by atoms with E-state index < -0.39 is 0 Å². The van der Waals surface area contributed by atoms with E-state index in [1.807, 2.05) is 64.1 Å². The van der Waals surface area contributed by atoms with Gasteiger partial charge in [0, 0.05) is 16.4 Å². The maximum absolute atomic E-state index is 12.7. The highest BCUT2D eigenvalue weighted by molar-refractivity contribution is 8.13. The molecule has 23 heavy (non-hydrogen) atoms. The quantitative estimate of drug-likeness (QED) is 0.493. The van der Waals surface area contributed by atoms with Gasteiger partial charge in [0.05, 0.1) is 0 Å². The molecule has 0 aliphatic carbocycles. The van der Waals surface area contributed by atoms with Crippen LogP contribution >= 0.6 is 11.8 Å². The zero-order chi connectivity index (χ0) is 17.1. The van der Waals surface area contributed by atoms with Gasteiger partial charge < -0.3 is 5.73 Å². The lowest BCUT2D eigenvalue weighted by Crippen LogP contribution is -2.08. The van der Waals surface area contributed by atoms with Crippen molar-refractivity contribution in [3.8, 4) is 0 Å². The van der Waals surface area contributed by atoms with Crippen molar-refractivity contribution in [1.82, 2.24) is 0 Å². The lowest BCUT2D eigenvalue weighted by Gasteiger charge is -2.14. The molecule has 0 amide bonds. The standard InChI is InChI=1S/C19H22N2OS/c1-11-5-6-15(9-12(11)2)18(22)16-7-8-17(13(3)10-16)14(4)23-19(20)21/h5-10,14H,1-4H3,(H3,20,21). The van der Waals surface area contributed by atoms with Gasteiger partial charge in [0.1, 0.15) is 0 Å². The van der Waals surface area contributed by atoms with E-state index in [0.29, 0.717) is 11.1 Å². The fourth-order valence-electron chi connectivity index (χ4n) is 2.58. The van der Waals surface area contributed by atoms with E-state index in [1.54, 1.807) is 0 Å². The Morgan fingerprint density at radius 2 is 1.57 bits per heavy atom. The van der Waals surface area contributed by atoms with Gasteiger partial charge in [-0.1, -0.05) is 36.0 Å². The topological polar surface area (TPSA) is 66.9 Å². The predicted molar refractivity (Wildman–Crippen MR) is 98.4 cm³/mol. The maximum atomic E-state index is 12.7. The molecule has 3 nitrogen and oxygen atoms in total. The third-order valence-corrected chi connectivity index (χ3v) is 4.90. The Morgan fingerprint density at radius 3 is 2.09 bits per heavy atom. The Kier molecular flexibility index (Phi) is 5.26. The summed E-state index contributed by atoms with van der Waals surface area (Å²) in [6.07, 6.45) is 0. The van der Waals surface area contributed by atoms with Gasteiger partial charge in [-0.15, -0.1) is 0 Å². The smallest absolute Gasteiger partial charge is 0.193 e. The molecule has 1 atom stereocenters. The lowest BCUT2D eigenvalue weighted by molar-refractivity contribution is 0.103. The Hall–Kier alpha value is -2.07. The summed E-state index contributed by atoms with van der Waals surface area (Å²) in [5.41, 5.74) is 11.3. The first kappa shape index (κ1) is 17.3. The van der Waals surface area contributed by atoms with Crippen LogP contribution in [0.5, 0.6) is 0 Å². The number of nitrogens with two attached hydrogens (primary N) is 1. The molecule has 3 N–H and O–H groups in total. The summed E-state index contributed by atoms with van der Waals surface area (Å²) < 4.78 is 0. The molecule has 0 aliphatic heterocycles. The summed E-state index contributed by atoms with van der Waals surface area (Å²) >= 11 is 1.31. The number of hydrogen-bond donors (Lipinski definition) is 2. The van der Waals surface area contributed by atoms with Crippen LogP contribution in [-0.4, -0.2) is 11.0 Å². The van der Waals surface area contributed by atoms with Gasteiger partial charge in [-0.05, 0) is 62.1 Å². The highest BCUT2D eigenvalue weighted by Crippen LogP contribution is 2.30. The summed E-state index contributed by atoms with van der Waals surface area (Å²) in [6.45, 7) is 8.06. The third kappa shape index (κ3) is 4.02. The van der Waals surface area contributed by atoms with Gasteiger partial charge in [-0.25, -0.2) is 0 Å². The molecule has 0 bridgehead atoms. The average molecular weight is 326 g/mol. The molecule has 0 saturated carbocycles. The first-order valence-corrected chi connectivity index (χ1v) is 8.40. The van der Waals surface area contributed by atoms with Crippen LogP contribution in [0.4, 0.5) is 0 Å². The fourth-order valence-corrected chi connectivity index (χ4v) is 3.35. The van der Waals surface area contributed by atoms with Crippen molar-refractivity contribution < 1.29 is 4.79 Å². The molecule has 1 unspecified atom stereocenters. The molecule has 0 saturated heterocycles. The van der Waals surface area contributed by atoms with E-state index in [-0.39, 0.29) is 16.2 Å². The van der Waals surface area contributed by atoms with Crippen molar-refractivity contribution in [2.75, 3.05) is 0 Å². The second kappa shape index (κ2) is 7.01. The highest BCUT2D eigenvalue weighted by atomic mass is 32.2. The molecule has 0 heterocycles. The first-order chi connectivity index (χ1) is 10.8. The predicted octanol–water partition coefficient (Wildman–Crippen LogP) is 4.53. The second-order valence-electron chi connectivity index (χ2n) is 5.82. The number of amidine groups is 1. The SMILES string of the molecule is Cc1ccc(C(=O)c2ccc(C(C)SC(=N)N)c(C)c2)cc1C. The van der Waals surface area contributed by atoms with E-state index in [1.165, 1.54) is 17.3 Å². The van der Waals surface area contributed by atoms with Gasteiger partial charge in [0.15, 0.2) is 11.0 Å². The molecular formula is C19H22N2OS. The summed E-state index contributed by atoms with van der Waals surface area (Å²) in [4.78, 5) is 12.7. The molecule has 0 radical (unpaired) electrons. The van der Waals surface area contributed by atoms with Crippen LogP contribution in [0, 0.1) is 26.2 Å². The van der Waals surface area contributed by atoms with E-state index in [9.17, 15) is 4.79 Å². The molecule has 0 aromatic heterocycles. The summed E-state index contributed by atoms with van der Waals surface area (Å²) in [7, 11) is 0. The van der Waals surface area contributed by atoms with Crippen molar-refractivity contribution in [2.45, 2.75) is 32.9 Å². The van der Waals surface area contributed by atoms with Gasteiger partial charge in [0.2, 0.25) is 0 Å². The Morgan fingerprint density at radius 1 is 1.00 bits per heavy atom. The number of benzene rings is 2. The van der Waals surface area contributed by atoms with Crippen molar-refractivity contribution in [2.24, 2.45) is 5.73 Å². The van der Waals surface area contributed by atoms with Crippen LogP contribution in [0.15, 0.2) is 36.4 Å². The van der Waals surface area contributed by atoms with Crippen LogP contribution in [0.25, 0.3) is 0 Å². The van der Waals surface area contributed by atoms with Crippen LogP contribution in [0.1, 0.15) is 50.3 Å². The molecule has 120 valence electrons. The van der Waals surface area contributed by atoms with E-state index >= 15 is 0 Å². The molecule has 2 aromatic rings. The zero-order valence-corrected chi connectivity index (χ0v) is 14.8. The number of ketones is 1. The minimum atomic E-state index is 0.0367. The molecular weight excluding hydrogens is 304 g/mol. The Balaban J connectivity index is 2.30. The number of aryl methyl sites for hydroxylation is 3. The molecule has 2 rings (SSSR count). The zero-order valence-electron chi connectivity index (χ0n) is 13.9. The van der Waals surface area contributed by atoms with E-state index in [2.05, 4.69) is 0 Å². The van der Waals surface area contributed by atoms with Gasteiger partial charge in [-0.3, -0.25) is 10.2 Å². The fraction of sp³-hybridized carbons (Fsp3) is 0.263. The Labute approximate surface area is 141 Å². The lowest BCUT2D eigenvalue weighted by atomic mass is 9.96. The van der Waals surface area contributed by atoms with Gasteiger partial charge in [0.25, 0.3) is 0 Å². The summed E-state index contributed by atoms with van der Waals surface area (Å²) in [5.74, 6) is 0.0367. The molecule has 4 heteroatoms. The third-order valence-electron chi connectivity index (χ3n) is 4.04. The van der Waals surface area contributed by atoms with Crippen molar-refractivity contribution >= 4 is 22.7 Å². The van der Waals surface area contributed by atoms with Crippen molar-refractivity contribution in [3.63, 3.8) is 0 Å². The van der Waals surface area contributed by atoms with Crippen LogP contribution in [0.2, 0.25) is 0 Å². The second-order valence-corrected chi connectivity index (χ2v) is 7.21. The van der Waals surface area contributed by atoms with Crippen molar-refractivity contribution in [1.29, 1.82) is 5.41 Å². The molecule has 2 aromatic carbocycles. The average Bonchev–Trinajstić information content (AvgIpc) is 2.48. The van der Waals surface area contributed by atoms with Gasteiger partial charge >= 0.3 is 0 Å². The van der Waals surface area contributed by atoms with Crippen LogP contribution in [-0.2, 0) is 0 Å². The molecule has 0 aliphatic rings. The number of carbonyl (C=O) groups excluding carboxylic acids is 1. The minimum Gasteiger partial charge on any atom is -0.379 e. The highest BCUT2D eigenvalue weighted by Gasteiger charge is 2.15. The molecule has 0 fully saturated rings. The number of thioether (sulfide) groups is 1. The number of carbonyl (C=O) groups is 1. The van der Waals surface area contributed by atoms with Gasteiger partial charge in [-0.2, -0.15) is 0 Å². The molecule has 0 spiro atoms. The minimum absolute atomic E-state index is 0.0367. The van der Waals surface area contributed by atoms with Crippen LogP contribution in [0.3, 0.4) is 0 Å². The number of hydrogen-bond acceptors (Lipinski definition) is 3.